The summed E-state index contributed by atoms with van der Waals surface area (Å²) in [7, 11) is -3.67. The number of hydrogen-bond acceptors (Lipinski definition) is 4. The van der Waals surface area contributed by atoms with Crippen molar-refractivity contribution in [3.05, 3.63) is 26.4 Å². The third-order valence-electron chi connectivity index (χ3n) is 3.03. The minimum Gasteiger partial charge on any atom is -0.477 e. The quantitative estimate of drug-likeness (QED) is 0.744. The van der Waals surface area contributed by atoms with Crippen LogP contribution in [0, 0.1) is 0 Å². The number of carboxylic acid groups (broad SMARTS) is 1. The van der Waals surface area contributed by atoms with E-state index in [1.807, 2.05) is 0 Å². The van der Waals surface area contributed by atoms with Gasteiger partial charge in [-0.3, -0.25) is 0 Å². The van der Waals surface area contributed by atoms with Gasteiger partial charge < -0.3 is 5.11 Å². The number of aromatic carboxylic acids is 1. The summed E-state index contributed by atoms with van der Waals surface area (Å²) in [6.07, 6.45) is 6.09. The van der Waals surface area contributed by atoms with Gasteiger partial charge in [0.25, 0.3) is 0 Å². The van der Waals surface area contributed by atoms with Crippen molar-refractivity contribution in [2.75, 3.05) is 6.54 Å². The molecule has 0 bridgehead atoms. The van der Waals surface area contributed by atoms with Gasteiger partial charge in [-0.05, 0) is 47.7 Å². The standard InChI is InChI=1S/C12H14BrNO4S2/c13-11-10(7-9(19-11)12(15)16)20(17,18)14-6-5-8-3-1-2-4-8/h3,7,14H,1-2,4-6H2,(H,15,16). The smallest absolute Gasteiger partial charge is 0.345 e. The highest BCUT2D eigenvalue weighted by molar-refractivity contribution is 9.11. The molecule has 8 heteroatoms. The first-order valence-corrected chi connectivity index (χ1v) is 9.19. The predicted octanol–water partition coefficient (Wildman–Crippen LogP) is 2.99. The zero-order valence-electron chi connectivity index (χ0n) is 10.6. The summed E-state index contributed by atoms with van der Waals surface area (Å²) in [4.78, 5) is 10.8. The molecule has 0 spiro atoms. The second kappa shape index (κ2) is 6.38. The van der Waals surface area contributed by atoms with E-state index >= 15 is 0 Å². The van der Waals surface area contributed by atoms with E-state index in [2.05, 4.69) is 26.7 Å². The highest BCUT2D eigenvalue weighted by Crippen LogP contribution is 2.31. The lowest BCUT2D eigenvalue weighted by atomic mass is 10.2. The van der Waals surface area contributed by atoms with Gasteiger partial charge in [0.05, 0.1) is 3.79 Å². The molecule has 0 fully saturated rings. The largest absolute Gasteiger partial charge is 0.477 e. The number of carboxylic acids is 1. The van der Waals surface area contributed by atoms with Crippen molar-refractivity contribution in [1.82, 2.24) is 4.72 Å². The van der Waals surface area contributed by atoms with E-state index in [9.17, 15) is 13.2 Å². The lowest BCUT2D eigenvalue weighted by Gasteiger charge is -2.06. The van der Waals surface area contributed by atoms with Gasteiger partial charge in [-0.2, -0.15) is 0 Å². The molecule has 0 aromatic carbocycles. The maximum atomic E-state index is 12.1. The molecule has 1 aromatic rings. The van der Waals surface area contributed by atoms with E-state index in [-0.39, 0.29) is 9.77 Å². The van der Waals surface area contributed by atoms with Crippen LogP contribution >= 0.6 is 27.3 Å². The molecule has 1 aromatic heterocycles. The normalized spacial score (nSPS) is 15.3. The second-order valence-corrected chi connectivity index (χ2v) is 8.56. The Morgan fingerprint density at radius 2 is 2.25 bits per heavy atom. The maximum absolute atomic E-state index is 12.1. The monoisotopic (exact) mass is 379 g/mol. The van der Waals surface area contributed by atoms with Crippen LogP contribution in [-0.4, -0.2) is 26.0 Å². The summed E-state index contributed by atoms with van der Waals surface area (Å²) in [5.74, 6) is -1.13. The zero-order valence-corrected chi connectivity index (χ0v) is 13.8. The summed E-state index contributed by atoms with van der Waals surface area (Å²) in [5.41, 5.74) is 1.28. The Balaban J connectivity index is 2.04. The zero-order chi connectivity index (χ0) is 14.8. The first kappa shape index (κ1) is 15.7. The molecule has 0 atom stereocenters. The third kappa shape index (κ3) is 3.69. The Morgan fingerprint density at radius 1 is 1.50 bits per heavy atom. The van der Waals surface area contributed by atoms with Gasteiger partial charge in [0.1, 0.15) is 9.77 Å². The molecule has 0 amide bonds. The fourth-order valence-corrected chi connectivity index (χ4v) is 5.46. The van der Waals surface area contributed by atoms with E-state index in [4.69, 9.17) is 5.11 Å². The summed E-state index contributed by atoms with van der Waals surface area (Å²) < 4.78 is 27.0. The van der Waals surface area contributed by atoms with E-state index in [0.717, 1.165) is 30.6 Å². The van der Waals surface area contributed by atoms with Crippen molar-refractivity contribution in [3.8, 4) is 0 Å². The van der Waals surface area contributed by atoms with Crippen LogP contribution in [0.1, 0.15) is 35.4 Å². The summed E-state index contributed by atoms with van der Waals surface area (Å²) in [6.45, 7) is 0.332. The fraction of sp³-hybridized carbons (Fsp3) is 0.417. The van der Waals surface area contributed by atoms with Crippen molar-refractivity contribution in [2.24, 2.45) is 0 Å². The number of thiophene rings is 1. The summed E-state index contributed by atoms with van der Waals surface area (Å²) in [5, 5.41) is 8.87. The minimum absolute atomic E-state index is 0.00393. The molecule has 1 aliphatic rings. The molecule has 110 valence electrons. The average molecular weight is 380 g/mol. The van der Waals surface area contributed by atoms with Crippen molar-refractivity contribution in [3.63, 3.8) is 0 Å². The Morgan fingerprint density at radius 3 is 2.80 bits per heavy atom. The van der Waals surface area contributed by atoms with Crippen LogP contribution in [-0.2, 0) is 10.0 Å². The Labute approximate surface area is 129 Å². The van der Waals surface area contributed by atoms with E-state index < -0.39 is 16.0 Å². The van der Waals surface area contributed by atoms with Crippen molar-refractivity contribution in [1.29, 1.82) is 0 Å². The molecule has 0 radical (unpaired) electrons. The van der Waals surface area contributed by atoms with Crippen molar-refractivity contribution < 1.29 is 18.3 Å². The molecular formula is C12H14BrNO4S2. The molecule has 0 saturated carbocycles. The molecule has 0 saturated heterocycles. The van der Waals surface area contributed by atoms with Crippen molar-refractivity contribution >= 4 is 43.3 Å². The van der Waals surface area contributed by atoms with Crippen LogP contribution in [0.15, 0.2) is 26.4 Å². The van der Waals surface area contributed by atoms with Crippen LogP contribution in [0.4, 0.5) is 0 Å². The van der Waals surface area contributed by atoms with Crippen LogP contribution in [0.5, 0.6) is 0 Å². The number of rotatable bonds is 6. The molecule has 0 aliphatic heterocycles. The average Bonchev–Trinajstić information content (AvgIpc) is 2.98. The Kier molecular flexibility index (Phi) is 5.00. The molecule has 2 N–H and O–H groups in total. The number of carbonyl (C=O) groups is 1. The Hall–Kier alpha value is -0.700. The van der Waals surface area contributed by atoms with Gasteiger partial charge in [0, 0.05) is 6.54 Å². The number of nitrogens with one attached hydrogen (secondary N) is 1. The third-order valence-corrected chi connectivity index (χ3v) is 6.73. The van der Waals surface area contributed by atoms with Gasteiger partial charge in [-0.25, -0.2) is 17.9 Å². The van der Waals surface area contributed by atoms with Crippen LogP contribution in [0.2, 0.25) is 0 Å². The summed E-state index contributed by atoms with van der Waals surface area (Å²) in [6, 6.07) is 1.17. The SMILES string of the molecule is O=C(O)c1cc(S(=O)(=O)NCCC2=CCCC2)c(Br)s1. The van der Waals surface area contributed by atoms with Gasteiger partial charge >= 0.3 is 5.97 Å². The molecule has 0 unspecified atom stereocenters. The lowest BCUT2D eigenvalue weighted by Crippen LogP contribution is -2.25. The van der Waals surface area contributed by atoms with E-state index in [1.165, 1.54) is 11.6 Å². The topological polar surface area (TPSA) is 83.5 Å². The fourth-order valence-electron chi connectivity index (χ4n) is 2.03. The lowest BCUT2D eigenvalue weighted by molar-refractivity contribution is 0.0702. The van der Waals surface area contributed by atoms with Crippen LogP contribution in [0.25, 0.3) is 0 Å². The molecule has 1 heterocycles. The second-order valence-electron chi connectivity index (χ2n) is 4.46. The first-order chi connectivity index (χ1) is 9.40. The van der Waals surface area contributed by atoms with Crippen molar-refractivity contribution in [2.45, 2.75) is 30.6 Å². The highest BCUT2D eigenvalue weighted by Gasteiger charge is 2.22. The molecule has 5 nitrogen and oxygen atoms in total. The number of sulfonamides is 1. The van der Waals surface area contributed by atoms with Crippen LogP contribution in [0.3, 0.4) is 0 Å². The van der Waals surface area contributed by atoms with Gasteiger partial charge in [0.15, 0.2) is 0 Å². The van der Waals surface area contributed by atoms with Gasteiger partial charge in [0.2, 0.25) is 10.0 Å². The predicted molar refractivity (Wildman–Crippen MR) is 80.7 cm³/mol. The Bertz CT molecular complexity index is 648. The van der Waals surface area contributed by atoms with Gasteiger partial charge in [-0.1, -0.05) is 11.6 Å². The molecule has 1 aliphatic carbocycles. The van der Waals surface area contributed by atoms with Crippen LogP contribution < -0.4 is 4.72 Å². The molecular weight excluding hydrogens is 366 g/mol. The highest BCUT2D eigenvalue weighted by atomic mass is 79.9. The van der Waals surface area contributed by atoms with E-state index in [1.54, 1.807) is 0 Å². The van der Waals surface area contributed by atoms with E-state index in [0.29, 0.717) is 16.8 Å². The number of allylic oxidation sites excluding steroid dienone is 1. The first-order valence-electron chi connectivity index (χ1n) is 6.10. The number of hydrogen-bond donors (Lipinski definition) is 2. The number of halogens is 1. The maximum Gasteiger partial charge on any atom is 0.345 e. The molecule has 2 rings (SSSR count). The summed E-state index contributed by atoms with van der Waals surface area (Å²) >= 11 is 4.00. The molecule has 20 heavy (non-hydrogen) atoms. The minimum atomic E-state index is -3.67. The van der Waals surface area contributed by atoms with Gasteiger partial charge in [-0.15, -0.1) is 11.3 Å².